The summed E-state index contributed by atoms with van der Waals surface area (Å²) in [6.45, 7) is 2.54. The first-order chi connectivity index (χ1) is 8.56. The number of amides is 1. The summed E-state index contributed by atoms with van der Waals surface area (Å²) in [6.07, 6.45) is 0. The van der Waals surface area contributed by atoms with Crippen molar-refractivity contribution in [2.45, 2.75) is 13.0 Å². The summed E-state index contributed by atoms with van der Waals surface area (Å²) in [5.74, 6) is -0.608. The van der Waals surface area contributed by atoms with Gasteiger partial charge in [0.25, 0.3) is 0 Å². The van der Waals surface area contributed by atoms with Crippen molar-refractivity contribution in [2.75, 3.05) is 25.6 Å². The van der Waals surface area contributed by atoms with Gasteiger partial charge in [-0.3, -0.25) is 4.79 Å². The molecule has 0 saturated carbocycles. The molecular formula is C12H16BrFN2O2. The Balaban J connectivity index is 2.58. The summed E-state index contributed by atoms with van der Waals surface area (Å²) in [4.78, 5) is 11.7. The number of benzene rings is 1. The van der Waals surface area contributed by atoms with Crippen LogP contribution in [0.2, 0.25) is 0 Å². The van der Waals surface area contributed by atoms with E-state index < -0.39 is 11.9 Å². The van der Waals surface area contributed by atoms with Crippen LogP contribution in [0.15, 0.2) is 22.7 Å². The largest absolute Gasteiger partial charge is 0.383 e. The highest BCUT2D eigenvalue weighted by atomic mass is 79.9. The summed E-state index contributed by atoms with van der Waals surface area (Å²) >= 11 is 3.23. The third kappa shape index (κ3) is 4.27. The van der Waals surface area contributed by atoms with Crippen LogP contribution in [0.25, 0.3) is 0 Å². The lowest BCUT2D eigenvalue weighted by atomic mass is 10.2. The molecule has 2 N–H and O–H groups in total. The molecule has 0 spiro atoms. The molecule has 0 heterocycles. The number of halogens is 2. The fourth-order valence-electron chi connectivity index (χ4n) is 1.35. The maximum absolute atomic E-state index is 13.5. The van der Waals surface area contributed by atoms with Crippen molar-refractivity contribution in [2.24, 2.45) is 0 Å². The van der Waals surface area contributed by atoms with E-state index in [9.17, 15) is 9.18 Å². The lowest BCUT2D eigenvalue weighted by Crippen LogP contribution is -2.39. The lowest BCUT2D eigenvalue weighted by Gasteiger charge is -2.16. The van der Waals surface area contributed by atoms with Crippen molar-refractivity contribution in [1.29, 1.82) is 0 Å². The summed E-state index contributed by atoms with van der Waals surface area (Å²) < 4.78 is 18.9. The van der Waals surface area contributed by atoms with Gasteiger partial charge >= 0.3 is 0 Å². The second kappa shape index (κ2) is 7.33. The van der Waals surface area contributed by atoms with E-state index in [2.05, 4.69) is 26.6 Å². The highest BCUT2D eigenvalue weighted by molar-refractivity contribution is 9.10. The molecule has 0 fully saturated rings. The number of hydrogen-bond donors (Lipinski definition) is 2. The second-order valence-electron chi connectivity index (χ2n) is 3.75. The van der Waals surface area contributed by atoms with Crippen molar-refractivity contribution >= 4 is 27.5 Å². The van der Waals surface area contributed by atoms with Crippen LogP contribution in [0, 0.1) is 5.82 Å². The number of ether oxygens (including phenoxy) is 1. The van der Waals surface area contributed by atoms with Gasteiger partial charge in [-0.05, 0) is 35.0 Å². The molecule has 1 aromatic rings. The number of methoxy groups -OCH3 is 1. The van der Waals surface area contributed by atoms with Gasteiger partial charge in [-0.1, -0.05) is 6.07 Å². The summed E-state index contributed by atoms with van der Waals surface area (Å²) in [5, 5.41) is 5.51. The number of para-hydroxylation sites is 1. The molecule has 1 amide bonds. The first-order valence-electron chi connectivity index (χ1n) is 5.53. The van der Waals surface area contributed by atoms with Gasteiger partial charge in [-0.15, -0.1) is 0 Å². The van der Waals surface area contributed by atoms with E-state index in [1.165, 1.54) is 6.07 Å². The molecule has 0 bridgehead atoms. The molecule has 1 atom stereocenters. The van der Waals surface area contributed by atoms with Crippen LogP contribution >= 0.6 is 15.9 Å². The summed E-state index contributed by atoms with van der Waals surface area (Å²) in [5.41, 5.74) is 0.284. The Morgan fingerprint density at radius 2 is 2.28 bits per heavy atom. The van der Waals surface area contributed by atoms with Crippen LogP contribution in [0.4, 0.5) is 10.1 Å². The Morgan fingerprint density at radius 1 is 1.56 bits per heavy atom. The van der Waals surface area contributed by atoms with Crippen molar-refractivity contribution < 1.29 is 13.9 Å². The first kappa shape index (κ1) is 14.9. The minimum atomic E-state index is -0.532. The number of nitrogens with one attached hydrogen (secondary N) is 2. The zero-order chi connectivity index (χ0) is 13.5. The number of carbonyl (C=O) groups excluding carboxylic acids is 1. The summed E-state index contributed by atoms with van der Waals surface area (Å²) in [7, 11) is 1.56. The zero-order valence-corrected chi connectivity index (χ0v) is 11.9. The van der Waals surface area contributed by atoms with Gasteiger partial charge in [0.1, 0.15) is 11.9 Å². The Kier molecular flexibility index (Phi) is 6.07. The second-order valence-corrected chi connectivity index (χ2v) is 4.60. The maximum atomic E-state index is 13.5. The third-order valence-corrected chi connectivity index (χ3v) is 2.98. The lowest BCUT2D eigenvalue weighted by molar-refractivity contribution is -0.121. The minimum Gasteiger partial charge on any atom is -0.383 e. The van der Waals surface area contributed by atoms with E-state index in [4.69, 9.17) is 4.74 Å². The molecule has 4 nitrogen and oxygen atoms in total. The average molecular weight is 319 g/mol. The Morgan fingerprint density at radius 3 is 2.89 bits per heavy atom. The number of rotatable bonds is 6. The van der Waals surface area contributed by atoms with Crippen molar-refractivity contribution in [3.63, 3.8) is 0 Å². The van der Waals surface area contributed by atoms with E-state index >= 15 is 0 Å². The number of anilines is 1. The SMILES string of the molecule is COCCNC(=O)C(C)Nc1c(F)cccc1Br. The number of hydrogen-bond acceptors (Lipinski definition) is 3. The van der Waals surface area contributed by atoms with Crippen molar-refractivity contribution in [3.8, 4) is 0 Å². The van der Waals surface area contributed by atoms with Gasteiger partial charge < -0.3 is 15.4 Å². The highest BCUT2D eigenvalue weighted by Crippen LogP contribution is 2.25. The molecule has 0 aromatic heterocycles. The molecule has 6 heteroatoms. The van der Waals surface area contributed by atoms with Gasteiger partial charge in [0.05, 0.1) is 12.3 Å². The molecule has 1 rings (SSSR count). The number of carbonyl (C=O) groups is 1. The van der Waals surface area contributed by atoms with Gasteiger partial charge in [-0.25, -0.2) is 4.39 Å². The predicted molar refractivity (Wildman–Crippen MR) is 72.1 cm³/mol. The first-order valence-corrected chi connectivity index (χ1v) is 6.32. The van der Waals surface area contributed by atoms with E-state index in [0.29, 0.717) is 17.6 Å². The molecule has 0 aliphatic rings. The molecular weight excluding hydrogens is 303 g/mol. The molecule has 0 radical (unpaired) electrons. The fourth-order valence-corrected chi connectivity index (χ4v) is 1.80. The van der Waals surface area contributed by atoms with Gasteiger partial charge in [0, 0.05) is 18.1 Å². The Hall–Kier alpha value is -1.14. The van der Waals surface area contributed by atoms with E-state index in [0.717, 1.165) is 0 Å². The van der Waals surface area contributed by atoms with E-state index in [-0.39, 0.29) is 11.6 Å². The van der Waals surface area contributed by atoms with Crippen LogP contribution in [0.5, 0.6) is 0 Å². The smallest absolute Gasteiger partial charge is 0.242 e. The molecule has 0 aliphatic carbocycles. The quantitative estimate of drug-likeness (QED) is 0.790. The molecule has 1 aromatic carbocycles. The molecule has 0 aliphatic heterocycles. The van der Waals surface area contributed by atoms with E-state index in [1.54, 1.807) is 26.2 Å². The van der Waals surface area contributed by atoms with Crippen molar-refractivity contribution in [1.82, 2.24) is 5.32 Å². The maximum Gasteiger partial charge on any atom is 0.242 e. The molecule has 18 heavy (non-hydrogen) atoms. The van der Waals surface area contributed by atoms with Gasteiger partial charge in [0.2, 0.25) is 5.91 Å². The topological polar surface area (TPSA) is 50.4 Å². The highest BCUT2D eigenvalue weighted by Gasteiger charge is 2.15. The Bertz CT molecular complexity index is 395. The predicted octanol–water partition coefficient (Wildman–Crippen LogP) is 2.15. The summed E-state index contributed by atoms with van der Waals surface area (Å²) in [6, 6.07) is 4.10. The van der Waals surface area contributed by atoms with Crippen LogP contribution in [-0.2, 0) is 9.53 Å². The zero-order valence-electron chi connectivity index (χ0n) is 10.3. The van der Waals surface area contributed by atoms with Gasteiger partial charge in [0.15, 0.2) is 0 Å². The molecule has 1 unspecified atom stereocenters. The van der Waals surface area contributed by atoms with Crippen molar-refractivity contribution in [3.05, 3.63) is 28.5 Å². The van der Waals surface area contributed by atoms with Crippen LogP contribution < -0.4 is 10.6 Å². The normalized spacial score (nSPS) is 12.0. The van der Waals surface area contributed by atoms with E-state index in [1.807, 2.05) is 0 Å². The van der Waals surface area contributed by atoms with Gasteiger partial charge in [-0.2, -0.15) is 0 Å². The minimum absolute atomic E-state index is 0.206. The molecule has 0 saturated heterocycles. The van der Waals surface area contributed by atoms with Crippen LogP contribution in [0.1, 0.15) is 6.92 Å². The monoisotopic (exact) mass is 318 g/mol. The fraction of sp³-hybridized carbons (Fsp3) is 0.417. The van der Waals surface area contributed by atoms with Crippen LogP contribution in [-0.4, -0.2) is 32.2 Å². The Labute approximate surface area is 114 Å². The standard InChI is InChI=1S/C12H16BrFN2O2/c1-8(12(17)15-6-7-18-2)16-11-9(13)4-3-5-10(11)14/h3-5,8,16H,6-7H2,1-2H3,(H,15,17). The van der Waals surface area contributed by atoms with Crippen LogP contribution in [0.3, 0.4) is 0 Å². The third-order valence-electron chi connectivity index (χ3n) is 2.32. The average Bonchev–Trinajstić information content (AvgIpc) is 2.34. The molecule has 100 valence electrons.